The molecule has 0 aromatic carbocycles. The Morgan fingerprint density at radius 2 is 2.30 bits per heavy atom. The van der Waals surface area contributed by atoms with Crippen molar-refractivity contribution < 1.29 is 8.78 Å². The smallest absolute Gasteiger partial charge is 0.239 e. The molecule has 0 aliphatic carbocycles. The zero-order valence-corrected chi connectivity index (χ0v) is 6.07. The van der Waals surface area contributed by atoms with Gasteiger partial charge in [0.1, 0.15) is 5.03 Å². The molecule has 0 spiro atoms. The van der Waals surface area contributed by atoms with Crippen LogP contribution in [0.5, 0.6) is 0 Å². The normalized spacial score (nSPS) is 26.0. The molecule has 1 aliphatic heterocycles. The van der Waals surface area contributed by atoms with Gasteiger partial charge >= 0.3 is 0 Å². The minimum absolute atomic E-state index is 0.302. The van der Waals surface area contributed by atoms with Crippen molar-refractivity contribution in [1.82, 2.24) is 4.42 Å². The summed E-state index contributed by atoms with van der Waals surface area (Å²) < 4.78 is 25.0. The van der Waals surface area contributed by atoms with Gasteiger partial charge in [-0.1, -0.05) is 11.6 Å². The molecule has 1 atom stereocenters. The molecule has 1 unspecified atom stereocenters. The monoisotopic (exact) mass is 186 g/mol. The highest BCUT2D eigenvalue weighted by molar-refractivity contribution is 6.42. The third kappa shape index (κ3) is 1.38. The first-order valence-corrected chi connectivity index (χ1v) is 3.02. The molecule has 0 aromatic heterocycles. The van der Waals surface area contributed by atoms with Crippen LogP contribution in [0.2, 0.25) is 0 Å². The first-order valence-electron chi connectivity index (χ1n) is 2.30. The van der Waals surface area contributed by atoms with Gasteiger partial charge in [-0.3, -0.25) is 0 Å². The van der Waals surface area contributed by atoms with Crippen LogP contribution >= 0.6 is 23.4 Å². The summed E-state index contributed by atoms with van der Waals surface area (Å²) in [5.41, 5.74) is 0. The first kappa shape index (κ1) is 7.75. The van der Waals surface area contributed by atoms with Gasteiger partial charge in [-0.05, 0) is 0 Å². The van der Waals surface area contributed by atoms with E-state index in [9.17, 15) is 8.78 Å². The predicted octanol–water partition coefficient (Wildman–Crippen LogP) is 2.16. The Hall–Kier alpha value is -0.350. The number of hydrogen-bond acceptors (Lipinski definition) is 2. The molecule has 0 amide bonds. The largest absolute Gasteiger partial charge is 0.282 e. The summed E-state index contributed by atoms with van der Waals surface area (Å²) in [7, 11) is 0. The second-order valence-electron chi connectivity index (χ2n) is 1.55. The van der Waals surface area contributed by atoms with E-state index in [1.54, 1.807) is 0 Å². The van der Waals surface area contributed by atoms with E-state index in [0.29, 0.717) is 4.42 Å². The van der Waals surface area contributed by atoms with Crippen LogP contribution in [-0.2, 0) is 0 Å². The molecule has 0 fully saturated rings. The summed E-state index contributed by atoms with van der Waals surface area (Å²) in [6.07, 6.45) is -0.972. The SMILES string of the molecule is FC1=NC(F)N(Cl)C=C1Cl. The molecule has 0 saturated heterocycles. The van der Waals surface area contributed by atoms with Crippen molar-refractivity contribution in [2.24, 2.45) is 4.99 Å². The fourth-order valence-corrected chi connectivity index (χ4v) is 0.779. The summed E-state index contributed by atoms with van der Waals surface area (Å²) >= 11 is 10.3. The van der Waals surface area contributed by atoms with Crippen LogP contribution in [-0.4, -0.2) is 16.8 Å². The van der Waals surface area contributed by atoms with Gasteiger partial charge in [0, 0.05) is 18.0 Å². The number of rotatable bonds is 0. The van der Waals surface area contributed by atoms with Crippen LogP contribution in [0, 0.1) is 0 Å². The Morgan fingerprint density at radius 3 is 2.80 bits per heavy atom. The van der Waals surface area contributed by atoms with Crippen molar-refractivity contribution in [3.63, 3.8) is 0 Å². The maximum Gasteiger partial charge on any atom is 0.282 e. The van der Waals surface area contributed by atoms with Gasteiger partial charge < -0.3 is 0 Å². The van der Waals surface area contributed by atoms with Gasteiger partial charge in [-0.15, -0.1) is 0 Å². The summed E-state index contributed by atoms with van der Waals surface area (Å²) in [6, 6.07) is 0. The number of alkyl halides is 1. The topological polar surface area (TPSA) is 15.6 Å². The van der Waals surface area contributed by atoms with E-state index in [4.69, 9.17) is 23.4 Å². The van der Waals surface area contributed by atoms with Crippen molar-refractivity contribution >= 4 is 29.3 Å². The van der Waals surface area contributed by atoms with Gasteiger partial charge in [-0.2, -0.15) is 13.8 Å². The molecule has 1 rings (SSSR count). The first-order chi connectivity index (χ1) is 4.61. The van der Waals surface area contributed by atoms with Gasteiger partial charge in [-0.25, -0.2) is 4.42 Å². The van der Waals surface area contributed by atoms with Crippen molar-refractivity contribution in [3.8, 4) is 0 Å². The van der Waals surface area contributed by atoms with Crippen molar-refractivity contribution in [2.75, 3.05) is 0 Å². The minimum Gasteiger partial charge on any atom is -0.239 e. The Balaban J connectivity index is 2.83. The number of halogens is 4. The fraction of sp³-hybridized carbons (Fsp3) is 0.250. The summed E-state index contributed by atoms with van der Waals surface area (Å²) in [5.74, 6) is -1.04. The van der Waals surface area contributed by atoms with Crippen LogP contribution in [0.1, 0.15) is 0 Å². The summed E-state index contributed by atoms with van der Waals surface area (Å²) in [6.45, 7) is 0. The molecular weight excluding hydrogens is 185 g/mol. The Labute approximate surface area is 65.8 Å². The third-order valence-corrected chi connectivity index (χ3v) is 1.37. The van der Waals surface area contributed by atoms with Crippen LogP contribution in [0.3, 0.4) is 0 Å². The Kier molecular flexibility index (Phi) is 2.11. The average molecular weight is 187 g/mol. The molecule has 6 heteroatoms. The quantitative estimate of drug-likeness (QED) is 0.419. The number of aliphatic imine (C=N–C) groups is 1. The average Bonchev–Trinajstić information content (AvgIpc) is 1.84. The van der Waals surface area contributed by atoms with Crippen molar-refractivity contribution in [2.45, 2.75) is 6.42 Å². The van der Waals surface area contributed by atoms with E-state index in [2.05, 4.69) is 4.99 Å². The van der Waals surface area contributed by atoms with Gasteiger partial charge in [0.15, 0.2) is 0 Å². The van der Waals surface area contributed by atoms with E-state index in [-0.39, 0.29) is 5.03 Å². The van der Waals surface area contributed by atoms with E-state index < -0.39 is 12.4 Å². The maximum absolute atomic E-state index is 12.3. The molecule has 2 nitrogen and oxygen atoms in total. The van der Waals surface area contributed by atoms with E-state index in [1.807, 2.05) is 0 Å². The molecule has 0 radical (unpaired) electrons. The number of nitrogens with zero attached hydrogens (tertiary/aromatic N) is 2. The van der Waals surface area contributed by atoms with E-state index >= 15 is 0 Å². The molecule has 1 heterocycles. The Bertz CT molecular complexity index is 181. The highest BCUT2D eigenvalue weighted by Crippen LogP contribution is 2.20. The van der Waals surface area contributed by atoms with Crippen molar-refractivity contribution in [1.29, 1.82) is 0 Å². The van der Waals surface area contributed by atoms with E-state index in [0.717, 1.165) is 6.20 Å². The molecular formula is C4H2Cl2F2N2. The summed E-state index contributed by atoms with van der Waals surface area (Å²) in [4.78, 5) is 2.82. The lowest BCUT2D eigenvalue weighted by Crippen LogP contribution is -2.21. The molecule has 1 aliphatic rings. The standard InChI is InChI=1S/C4H2Cl2F2N2/c5-2-1-10(6)4(8)9-3(2)7/h1,4H. The zero-order valence-electron chi connectivity index (χ0n) is 4.56. The second-order valence-corrected chi connectivity index (χ2v) is 2.35. The minimum atomic E-state index is -1.89. The van der Waals surface area contributed by atoms with E-state index in [1.165, 1.54) is 0 Å². The van der Waals surface area contributed by atoms with Crippen LogP contribution in [0.25, 0.3) is 0 Å². The fourth-order valence-electron chi connectivity index (χ4n) is 0.433. The molecule has 0 saturated carbocycles. The lowest BCUT2D eigenvalue weighted by molar-refractivity contribution is 0.219. The molecule has 0 aromatic rings. The van der Waals surface area contributed by atoms with Crippen LogP contribution < -0.4 is 0 Å². The lowest BCUT2D eigenvalue weighted by atomic mass is 10.5. The van der Waals surface area contributed by atoms with Crippen LogP contribution in [0.15, 0.2) is 16.2 Å². The molecule has 0 N–H and O–H groups in total. The summed E-state index contributed by atoms with van der Waals surface area (Å²) in [5, 5.41) is -0.302. The molecule has 56 valence electrons. The third-order valence-electron chi connectivity index (χ3n) is 0.857. The molecule has 10 heavy (non-hydrogen) atoms. The maximum atomic E-state index is 12.3. The highest BCUT2D eigenvalue weighted by atomic mass is 35.5. The Morgan fingerprint density at radius 1 is 1.70 bits per heavy atom. The van der Waals surface area contributed by atoms with Gasteiger partial charge in [0.05, 0.1) is 0 Å². The van der Waals surface area contributed by atoms with Crippen molar-refractivity contribution in [3.05, 3.63) is 11.2 Å². The second kappa shape index (κ2) is 2.72. The highest BCUT2D eigenvalue weighted by Gasteiger charge is 2.20. The number of allylic oxidation sites excluding steroid dienone is 1. The van der Waals surface area contributed by atoms with Gasteiger partial charge in [0.25, 0.3) is 6.42 Å². The van der Waals surface area contributed by atoms with Crippen LogP contribution in [0.4, 0.5) is 8.78 Å². The predicted molar refractivity (Wildman–Crippen MR) is 35.1 cm³/mol. The number of hydrogen-bond donors (Lipinski definition) is 0. The van der Waals surface area contributed by atoms with Gasteiger partial charge in [0.2, 0.25) is 5.97 Å². The zero-order chi connectivity index (χ0) is 7.72. The lowest BCUT2D eigenvalue weighted by Gasteiger charge is -2.16. The molecule has 0 bridgehead atoms.